The van der Waals surface area contributed by atoms with E-state index >= 15 is 0 Å². The summed E-state index contributed by atoms with van der Waals surface area (Å²) in [5.41, 5.74) is 7.08. The van der Waals surface area contributed by atoms with Gasteiger partial charge in [-0.15, -0.1) is 0 Å². The van der Waals surface area contributed by atoms with E-state index in [0.717, 1.165) is 0 Å². The second-order valence-electron chi connectivity index (χ2n) is 4.47. The van der Waals surface area contributed by atoms with E-state index < -0.39 is 5.97 Å². The lowest BCUT2D eigenvalue weighted by atomic mass is 10.2. The first-order chi connectivity index (χ1) is 11.1. The maximum absolute atomic E-state index is 11.6. The number of hydrogen-bond acceptors (Lipinski definition) is 4. The minimum Gasteiger partial charge on any atom is -0.497 e. The van der Waals surface area contributed by atoms with Crippen molar-refractivity contribution in [2.45, 2.75) is 0 Å². The van der Waals surface area contributed by atoms with Crippen molar-refractivity contribution in [2.24, 2.45) is 10.9 Å². The van der Waals surface area contributed by atoms with Gasteiger partial charge in [0.15, 0.2) is 5.84 Å². The number of rotatable bonds is 5. The van der Waals surface area contributed by atoms with Crippen LogP contribution >= 0.6 is 11.6 Å². The van der Waals surface area contributed by atoms with Gasteiger partial charge >= 0.3 is 5.97 Å². The number of ether oxygens (including phenoxy) is 1. The summed E-state index contributed by atoms with van der Waals surface area (Å²) in [5.74, 6) is 0.134. The van der Waals surface area contributed by atoms with Crippen molar-refractivity contribution < 1.29 is 14.4 Å². The molecule has 5 nitrogen and oxygen atoms in total. The van der Waals surface area contributed by atoms with E-state index in [2.05, 4.69) is 5.16 Å². The highest BCUT2D eigenvalue weighted by Gasteiger charge is 2.02. The summed E-state index contributed by atoms with van der Waals surface area (Å²) in [4.78, 5) is 16.4. The second kappa shape index (κ2) is 8.00. The Hall–Kier alpha value is -2.79. The molecule has 0 aliphatic heterocycles. The molecule has 0 aliphatic carbocycles. The zero-order chi connectivity index (χ0) is 16.7. The Balaban J connectivity index is 1.98. The number of carbonyl (C=O) groups is 1. The molecule has 0 heterocycles. The van der Waals surface area contributed by atoms with Crippen LogP contribution in [0.25, 0.3) is 6.08 Å². The molecule has 0 aliphatic rings. The van der Waals surface area contributed by atoms with Gasteiger partial charge in [-0.1, -0.05) is 35.0 Å². The molecule has 0 amide bonds. The fourth-order valence-corrected chi connectivity index (χ4v) is 1.91. The summed E-state index contributed by atoms with van der Waals surface area (Å²) in [6.07, 6.45) is 2.77. The monoisotopic (exact) mass is 330 g/mol. The largest absolute Gasteiger partial charge is 0.497 e. The van der Waals surface area contributed by atoms with Crippen molar-refractivity contribution in [3.05, 3.63) is 70.8 Å². The third-order valence-electron chi connectivity index (χ3n) is 2.92. The number of hydrogen-bond donors (Lipinski definition) is 1. The van der Waals surface area contributed by atoms with E-state index in [4.69, 9.17) is 26.9 Å². The first-order valence-electron chi connectivity index (χ1n) is 6.71. The topological polar surface area (TPSA) is 73.9 Å². The van der Waals surface area contributed by atoms with Crippen molar-refractivity contribution in [1.82, 2.24) is 0 Å². The Bertz CT molecular complexity index is 740. The summed E-state index contributed by atoms with van der Waals surface area (Å²) in [5, 5.41) is 4.14. The second-order valence-corrected chi connectivity index (χ2v) is 4.88. The number of oxime groups is 1. The van der Waals surface area contributed by atoms with E-state index in [-0.39, 0.29) is 5.84 Å². The Labute approximate surface area is 139 Å². The first-order valence-corrected chi connectivity index (χ1v) is 7.09. The van der Waals surface area contributed by atoms with Gasteiger partial charge in [0.25, 0.3) is 0 Å². The van der Waals surface area contributed by atoms with Crippen molar-refractivity contribution >= 4 is 29.5 Å². The maximum Gasteiger partial charge on any atom is 0.358 e. The molecule has 0 unspecified atom stereocenters. The molecule has 0 bridgehead atoms. The lowest BCUT2D eigenvalue weighted by Crippen LogP contribution is -2.14. The van der Waals surface area contributed by atoms with Crippen LogP contribution in [-0.4, -0.2) is 18.9 Å². The van der Waals surface area contributed by atoms with E-state index in [0.29, 0.717) is 21.9 Å². The van der Waals surface area contributed by atoms with Crippen LogP contribution in [0.1, 0.15) is 11.1 Å². The number of carbonyl (C=O) groups excluding carboxylic acids is 1. The van der Waals surface area contributed by atoms with Crippen molar-refractivity contribution in [3.8, 4) is 5.75 Å². The maximum atomic E-state index is 11.6. The number of nitrogens with zero attached hydrogens (tertiary/aromatic N) is 1. The Morgan fingerprint density at radius 2 is 1.87 bits per heavy atom. The first kappa shape index (κ1) is 16.6. The van der Waals surface area contributed by atoms with Gasteiger partial charge in [0.05, 0.1) is 7.11 Å². The smallest absolute Gasteiger partial charge is 0.358 e. The van der Waals surface area contributed by atoms with Gasteiger partial charge in [-0.2, -0.15) is 0 Å². The van der Waals surface area contributed by atoms with E-state index in [9.17, 15) is 4.79 Å². The molecule has 0 fully saturated rings. The highest BCUT2D eigenvalue weighted by molar-refractivity contribution is 6.32. The number of nitrogens with two attached hydrogens (primary N) is 1. The van der Waals surface area contributed by atoms with Crippen LogP contribution < -0.4 is 10.5 Å². The van der Waals surface area contributed by atoms with Crippen LogP contribution in [0.3, 0.4) is 0 Å². The van der Waals surface area contributed by atoms with Crippen LogP contribution in [0.4, 0.5) is 0 Å². The number of methoxy groups -OCH3 is 1. The van der Waals surface area contributed by atoms with Gasteiger partial charge in [0.1, 0.15) is 5.75 Å². The van der Waals surface area contributed by atoms with Crippen LogP contribution in [0, 0.1) is 0 Å². The predicted octanol–water partition coefficient (Wildman–Crippen LogP) is 3.23. The van der Waals surface area contributed by atoms with E-state index in [1.807, 2.05) is 6.07 Å². The molecule has 0 saturated carbocycles. The van der Waals surface area contributed by atoms with Crippen LogP contribution in [-0.2, 0) is 9.63 Å². The fraction of sp³-hybridized carbons (Fsp3) is 0.0588. The van der Waals surface area contributed by atoms with Crippen molar-refractivity contribution in [3.63, 3.8) is 0 Å². The molecule has 0 atom stereocenters. The highest BCUT2D eigenvalue weighted by atomic mass is 35.5. The SMILES string of the molecule is COc1ccc(C(N)=NOC(=O)C=Cc2ccccc2Cl)cc1. The quantitative estimate of drug-likeness (QED) is 0.300. The molecule has 2 aromatic rings. The third-order valence-corrected chi connectivity index (χ3v) is 3.27. The molecular formula is C17H15ClN2O3. The lowest BCUT2D eigenvalue weighted by molar-refractivity contribution is -0.137. The standard InChI is InChI=1S/C17H15ClN2O3/c1-22-14-9-6-13(7-10-14)17(19)20-23-16(21)11-8-12-4-2-3-5-15(12)18/h2-11H,1H3,(H2,19,20). The normalized spacial score (nSPS) is 11.5. The molecule has 118 valence electrons. The van der Waals surface area contributed by atoms with Crippen LogP contribution in [0.5, 0.6) is 5.75 Å². The van der Waals surface area contributed by atoms with Gasteiger partial charge in [-0.25, -0.2) is 4.79 Å². The zero-order valence-corrected chi connectivity index (χ0v) is 13.2. The Kier molecular flexibility index (Phi) is 5.77. The molecule has 0 spiro atoms. The zero-order valence-electron chi connectivity index (χ0n) is 12.4. The molecular weight excluding hydrogens is 316 g/mol. The van der Waals surface area contributed by atoms with E-state index in [1.54, 1.807) is 55.7 Å². The van der Waals surface area contributed by atoms with Gasteiger partial charge < -0.3 is 15.3 Å². The Morgan fingerprint density at radius 1 is 1.17 bits per heavy atom. The third kappa shape index (κ3) is 4.86. The molecule has 6 heteroatoms. The molecule has 2 aromatic carbocycles. The minimum atomic E-state index is -0.651. The Morgan fingerprint density at radius 3 is 2.52 bits per heavy atom. The van der Waals surface area contributed by atoms with E-state index in [1.165, 1.54) is 6.08 Å². The number of benzene rings is 2. The highest BCUT2D eigenvalue weighted by Crippen LogP contribution is 2.16. The van der Waals surface area contributed by atoms with Crippen LogP contribution in [0.15, 0.2) is 59.8 Å². The minimum absolute atomic E-state index is 0.0900. The molecule has 23 heavy (non-hydrogen) atoms. The van der Waals surface area contributed by atoms with Crippen molar-refractivity contribution in [1.29, 1.82) is 0 Å². The summed E-state index contributed by atoms with van der Waals surface area (Å²) < 4.78 is 5.04. The molecule has 0 aromatic heterocycles. The summed E-state index contributed by atoms with van der Waals surface area (Å²) in [6.45, 7) is 0. The average Bonchev–Trinajstić information content (AvgIpc) is 2.59. The van der Waals surface area contributed by atoms with Crippen molar-refractivity contribution in [2.75, 3.05) is 7.11 Å². The molecule has 2 N–H and O–H groups in total. The molecule has 2 rings (SSSR count). The fourth-order valence-electron chi connectivity index (χ4n) is 1.71. The summed E-state index contributed by atoms with van der Waals surface area (Å²) in [6, 6.07) is 14.0. The molecule has 0 radical (unpaired) electrons. The van der Waals surface area contributed by atoms with Gasteiger partial charge in [0, 0.05) is 16.7 Å². The summed E-state index contributed by atoms with van der Waals surface area (Å²) >= 11 is 5.98. The number of amidine groups is 1. The summed E-state index contributed by atoms with van der Waals surface area (Å²) in [7, 11) is 1.57. The van der Waals surface area contributed by atoms with Gasteiger partial charge in [-0.05, 0) is 42.0 Å². The lowest BCUT2D eigenvalue weighted by Gasteiger charge is -2.02. The molecule has 0 saturated heterocycles. The van der Waals surface area contributed by atoms with Crippen LogP contribution in [0.2, 0.25) is 5.02 Å². The average molecular weight is 331 g/mol. The van der Waals surface area contributed by atoms with Gasteiger partial charge in [0.2, 0.25) is 0 Å². The number of halogens is 1. The van der Waals surface area contributed by atoms with Gasteiger partial charge in [-0.3, -0.25) is 0 Å². The predicted molar refractivity (Wildman–Crippen MR) is 90.3 cm³/mol.